The minimum absolute atomic E-state index is 0.385. The molecule has 0 aliphatic rings. The molecule has 0 saturated heterocycles. The Morgan fingerprint density at radius 3 is 2.00 bits per heavy atom. The predicted molar refractivity (Wildman–Crippen MR) is 64.8 cm³/mol. The molecule has 0 atom stereocenters. The van der Waals surface area contributed by atoms with Gasteiger partial charge in [-0.25, -0.2) is 0 Å². The minimum Gasteiger partial charge on any atom is -0.301 e. The van der Waals surface area contributed by atoms with Crippen LogP contribution < -0.4 is 0 Å². The smallest absolute Gasteiger partial charge is 0.0540 e. The molecule has 1 heteroatoms. The molecule has 74 valence electrons. The summed E-state index contributed by atoms with van der Waals surface area (Å²) in [4.78, 5) is 0. The van der Waals surface area contributed by atoms with Crippen LogP contribution in [0.4, 0.5) is 0 Å². The molecule has 0 radical (unpaired) electrons. The zero-order valence-electron chi connectivity index (χ0n) is 8.93. The Bertz CT molecular complexity index is 327. The van der Waals surface area contributed by atoms with Crippen molar-refractivity contribution in [3.05, 3.63) is 60.8 Å². The maximum absolute atomic E-state index is 7.47. The summed E-state index contributed by atoms with van der Waals surface area (Å²) in [5.74, 6) is 0. The van der Waals surface area contributed by atoms with Crippen molar-refractivity contribution in [2.45, 2.75) is 13.8 Å². The van der Waals surface area contributed by atoms with Gasteiger partial charge in [0.05, 0.1) is 5.71 Å². The summed E-state index contributed by atoms with van der Waals surface area (Å²) in [5, 5.41) is 7.47. The second-order valence-corrected chi connectivity index (χ2v) is 3.13. The third kappa shape index (κ3) is 4.41. The van der Waals surface area contributed by atoms with E-state index in [-0.39, 0.29) is 0 Å². The van der Waals surface area contributed by atoms with Gasteiger partial charge in [-0.1, -0.05) is 43.0 Å². The van der Waals surface area contributed by atoms with Crippen LogP contribution in [0.3, 0.4) is 0 Å². The molecule has 14 heavy (non-hydrogen) atoms. The average Bonchev–Trinajstić information content (AvgIpc) is 2.16. The van der Waals surface area contributed by atoms with Gasteiger partial charge in [-0.2, -0.15) is 0 Å². The van der Waals surface area contributed by atoms with Gasteiger partial charge in [-0.3, -0.25) is 0 Å². The van der Waals surface area contributed by atoms with Crippen LogP contribution in [0.15, 0.2) is 60.8 Å². The van der Waals surface area contributed by atoms with Crippen LogP contribution in [0.5, 0.6) is 0 Å². The predicted octanol–water partition coefficient (Wildman–Crippen LogP) is 3.83. The maximum atomic E-state index is 7.47. The fourth-order valence-corrected chi connectivity index (χ4v) is 0.819. The van der Waals surface area contributed by atoms with Gasteiger partial charge in [-0.15, -0.1) is 0 Å². The Morgan fingerprint density at radius 2 is 1.64 bits per heavy atom. The topological polar surface area (TPSA) is 23.9 Å². The van der Waals surface area contributed by atoms with Crippen LogP contribution >= 0.6 is 0 Å². The Hall–Kier alpha value is -1.63. The first kappa shape index (κ1) is 12.4. The van der Waals surface area contributed by atoms with Crippen molar-refractivity contribution in [2.75, 3.05) is 0 Å². The molecule has 0 aromatic heterocycles. The monoisotopic (exact) mass is 187 g/mol. The molecule has 0 bridgehead atoms. The van der Waals surface area contributed by atoms with Gasteiger partial charge in [0.15, 0.2) is 0 Å². The van der Waals surface area contributed by atoms with Gasteiger partial charge in [-0.05, 0) is 31.6 Å². The molecule has 0 amide bonds. The molecule has 0 aromatic rings. The van der Waals surface area contributed by atoms with E-state index >= 15 is 0 Å². The van der Waals surface area contributed by atoms with Gasteiger partial charge in [0.1, 0.15) is 0 Å². The van der Waals surface area contributed by atoms with Crippen LogP contribution in [-0.2, 0) is 0 Å². The van der Waals surface area contributed by atoms with Gasteiger partial charge in [0, 0.05) is 0 Å². The molecule has 0 spiro atoms. The van der Waals surface area contributed by atoms with Crippen LogP contribution in [-0.4, -0.2) is 5.71 Å². The average molecular weight is 187 g/mol. The molecule has 0 heterocycles. The third-order valence-corrected chi connectivity index (χ3v) is 1.73. The quantitative estimate of drug-likeness (QED) is 0.499. The van der Waals surface area contributed by atoms with Crippen molar-refractivity contribution in [1.29, 1.82) is 5.41 Å². The first-order valence-corrected chi connectivity index (χ1v) is 4.40. The highest BCUT2D eigenvalue weighted by Gasteiger charge is 1.95. The van der Waals surface area contributed by atoms with Crippen molar-refractivity contribution >= 4 is 5.71 Å². The SMILES string of the molecule is C=CC(=N)/C=C(/C=C(/C)C=C)C(=C)C. The number of rotatable bonds is 5. The zero-order chi connectivity index (χ0) is 11.1. The fourth-order valence-electron chi connectivity index (χ4n) is 0.819. The van der Waals surface area contributed by atoms with Crippen molar-refractivity contribution in [3.63, 3.8) is 0 Å². The summed E-state index contributed by atoms with van der Waals surface area (Å²) in [6.45, 7) is 14.9. The minimum atomic E-state index is 0.385. The van der Waals surface area contributed by atoms with E-state index in [1.807, 2.05) is 19.9 Å². The van der Waals surface area contributed by atoms with Crippen LogP contribution in [0.2, 0.25) is 0 Å². The van der Waals surface area contributed by atoms with E-state index in [1.54, 1.807) is 12.2 Å². The van der Waals surface area contributed by atoms with Crippen LogP contribution in [0.25, 0.3) is 0 Å². The summed E-state index contributed by atoms with van der Waals surface area (Å²) in [7, 11) is 0. The Morgan fingerprint density at radius 1 is 1.07 bits per heavy atom. The molecular formula is C13H17N. The number of hydrogen-bond donors (Lipinski definition) is 1. The molecule has 0 saturated carbocycles. The van der Waals surface area contributed by atoms with Crippen molar-refractivity contribution < 1.29 is 0 Å². The summed E-state index contributed by atoms with van der Waals surface area (Å²) in [5.41, 5.74) is 3.30. The largest absolute Gasteiger partial charge is 0.301 e. The maximum Gasteiger partial charge on any atom is 0.0540 e. The van der Waals surface area contributed by atoms with E-state index < -0.39 is 0 Å². The van der Waals surface area contributed by atoms with Crippen molar-refractivity contribution in [1.82, 2.24) is 0 Å². The molecular weight excluding hydrogens is 170 g/mol. The fraction of sp³-hybridized carbons (Fsp3) is 0.154. The highest BCUT2D eigenvalue weighted by molar-refractivity contribution is 6.02. The molecule has 0 unspecified atom stereocenters. The number of nitrogens with one attached hydrogen (secondary N) is 1. The van der Waals surface area contributed by atoms with E-state index in [4.69, 9.17) is 5.41 Å². The Kier molecular flexibility index (Phi) is 5.23. The van der Waals surface area contributed by atoms with Crippen molar-refractivity contribution in [3.8, 4) is 0 Å². The number of allylic oxidation sites excluding steroid dienone is 7. The van der Waals surface area contributed by atoms with Crippen LogP contribution in [0, 0.1) is 5.41 Å². The summed E-state index contributed by atoms with van der Waals surface area (Å²) < 4.78 is 0. The van der Waals surface area contributed by atoms with Gasteiger partial charge in [0.25, 0.3) is 0 Å². The molecule has 0 fully saturated rings. The highest BCUT2D eigenvalue weighted by atomic mass is 14.4. The van der Waals surface area contributed by atoms with E-state index in [0.29, 0.717) is 5.71 Å². The lowest BCUT2D eigenvalue weighted by Gasteiger charge is -2.01. The first-order valence-electron chi connectivity index (χ1n) is 4.40. The molecule has 0 aliphatic heterocycles. The van der Waals surface area contributed by atoms with Gasteiger partial charge < -0.3 is 5.41 Å². The summed E-state index contributed by atoms with van der Waals surface area (Å²) in [6.07, 6.45) is 6.96. The Labute approximate surface area is 86.4 Å². The summed E-state index contributed by atoms with van der Waals surface area (Å²) >= 11 is 0. The van der Waals surface area contributed by atoms with Crippen molar-refractivity contribution in [2.24, 2.45) is 0 Å². The molecule has 0 aromatic carbocycles. The molecule has 0 rings (SSSR count). The lowest BCUT2D eigenvalue weighted by molar-refractivity contribution is 1.41. The first-order chi connectivity index (χ1) is 6.51. The van der Waals surface area contributed by atoms with Gasteiger partial charge >= 0.3 is 0 Å². The molecule has 1 N–H and O–H groups in total. The van der Waals surface area contributed by atoms with Crippen LogP contribution in [0.1, 0.15) is 13.8 Å². The second kappa shape index (κ2) is 5.92. The molecule has 1 nitrogen and oxygen atoms in total. The second-order valence-electron chi connectivity index (χ2n) is 3.13. The van der Waals surface area contributed by atoms with E-state index in [2.05, 4.69) is 19.7 Å². The normalized spacial score (nSPS) is 12.1. The third-order valence-electron chi connectivity index (χ3n) is 1.73. The number of hydrogen-bond acceptors (Lipinski definition) is 1. The lowest BCUT2D eigenvalue weighted by Crippen LogP contribution is -1.89. The highest BCUT2D eigenvalue weighted by Crippen LogP contribution is 2.12. The standard InChI is InChI=1S/C13H17N/c1-6-11(5)8-12(10(3)4)9-13(14)7-2/h6-9,14H,1-3H2,4-5H3/b11-8-,12-9-,14-13?. The van der Waals surface area contributed by atoms with Gasteiger partial charge in [0.2, 0.25) is 0 Å². The van der Waals surface area contributed by atoms with E-state index in [0.717, 1.165) is 16.7 Å². The van der Waals surface area contributed by atoms with E-state index in [1.165, 1.54) is 6.08 Å². The van der Waals surface area contributed by atoms with E-state index in [9.17, 15) is 0 Å². The Balaban J connectivity index is 5.06. The summed E-state index contributed by atoms with van der Waals surface area (Å²) in [6, 6.07) is 0. The zero-order valence-corrected chi connectivity index (χ0v) is 8.93. The molecule has 0 aliphatic carbocycles. The lowest BCUT2D eigenvalue weighted by atomic mass is 10.0.